The van der Waals surface area contributed by atoms with Gasteiger partial charge in [-0.1, -0.05) is 51.3 Å². The van der Waals surface area contributed by atoms with Crippen LogP contribution in [-0.4, -0.2) is 39.4 Å². The van der Waals surface area contributed by atoms with E-state index in [9.17, 15) is 19.5 Å². The van der Waals surface area contributed by atoms with Gasteiger partial charge in [-0.05, 0) is 78.9 Å². The predicted molar refractivity (Wildman–Crippen MR) is 139 cm³/mol. The Hall–Kier alpha value is -1.66. The fraction of sp³-hybridized carbons (Fsp3) is 0.690. The summed E-state index contributed by atoms with van der Waals surface area (Å²) >= 11 is 1.39. The molecule has 0 radical (unpaired) electrons. The topological polar surface area (TPSA) is 80.7 Å². The van der Waals surface area contributed by atoms with Crippen molar-refractivity contribution in [3.8, 4) is 0 Å². The van der Waals surface area contributed by atoms with Crippen molar-refractivity contribution in [3.05, 3.63) is 36.0 Å². The molecule has 0 spiro atoms. The zero-order valence-corrected chi connectivity index (χ0v) is 22.5. The van der Waals surface area contributed by atoms with Crippen molar-refractivity contribution in [2.75, 3.05) is 6.61 Å². The SMILES string of the molecule is C=C1C(=C)C(O)(CCCOC(=O)CC)[C@@]2(C)CC[C@@H]3[C@@H](C(SC(C)=O)CC4=CC(=O)CC[C@@]43C)[C@H]12. The number of thioether (sulfide) groups is 1. The quantitative estimate of drug-likeness (QED) is 0.379. The normalized spacial score (nSPS) is 40.5. The van der Waals surface area contributed by atoms with Crippen LogP contribution in [0.4, 0.5) is 0 Å². The van der Waals surface area contributed by atoms with E-state index in [4.69, 9.17) is 4.74 Å². The number of ketones is 1. The maximum atomic E-state index is 12.3. The lowest BCUT2D eigenvalue weighted by Crippen LogP contribution is -2.58. The zero-order chi connectivity index (χ0) is 25.8. The largest absolute Gasteiger partial charge is 0.466 e. The molecule has 7 atom stereocenters. The molecule has 2 unspecified atom stereocenters. The summed E-state index contributed by atoms with van der Waals surface area (Å²) in [7, 11) is 0. The molecule has 0 heterocycles. The van der Waals surface area contributed by atoms with Crippen molar-refractivity contribution in [2.45, 2.75) is 89.9 Å². The maximum Gasteiger partial charge on any atom is 0.305 e. The van der Waals surface area contributed by atoms with E-state index in [1.165, 1.54) is 17.3 Å². The summed E-state index contributed by atoms with van der Waals surface area (Å²) in [6.07, 6.45) is 7.13. The zero-order valence-electron chi connectivity index (χ0n) is 21.7. The molecule has 3 fully saturated rings. The van der Waals surface area contributed by atoms with Gasteiger partial charge in [-0.2, -0.15) is 0 Å². The molecule has 3 saturated carbocycles. The minimum absolute atomic E-state index is 0.0183. The lowest BCUT2D eigenvalue weighted by Gasteiger charge is -2.61. The lowest BCUT2D eigenvalue weighted by atomic mass is 9.46. The summed E-state index contributed by atoms with van der Waals surface area (Å²) < 4.78 is 5.28. The van der Waals surface area contributed by atoms with Crippen LogP contribution in [0.15, 0.2) is 36.0 Å². The maximum absolute atomic E-state index is 12.3. The van der Waals surface area contributed by atoms with Crippen LogP contribution in [0.1, 0.15) is 79.1 Å². The molecule has 192 valence electrons. The van der Waals surface area contributed by atoms with Gasteiger partial charge >= 0.3 is 5.97 Å². The van der Waals surface area contributed by atoms with Crippen LogP contribution < -0.4 is 0 Å². The number of allylic oxidation sites excluding steroid dienone is 1. The second kappa shape index (κ2) is 9.33. The Morgan fingerprint density at radius 2 is 1.97 bits per heavy atom. The standard InChI is InChI=1S/C29H40O5S/c1-7-24(32)34-14-8-11-29(33)18(3)17(2)26-25-22(10-13-28(26,29)6)27(5)12-9-21(31)15-20(27)16-23(25)35-19(4)30/h15,22-23,25-26,33H,2-3,7-14,16H2,1,4-6H3/t22-,23?,25+,26+,27+,28+,29?/m1/s1. The van der Waals surface area contributed by atoms with Gasteiger partial charge in [0.1, 0.15) is 0 Å². The molecule has 35 heavy (non-hydrogen) atoms. The molecule has 4 rings (SSSR count). The minimum atomic E-state index is -1.12. The number of carbonyl (C=O) groups is 3. The highest BCUT2D eigenvalue weighted by Gasteiger charge is 2.68. The Kier molecular flexibility index (Phi) is 7.04. The first kappa shape index (κ1) is 26.4. The fourth-order valence-corrected chi connectivity index (χ4v) is 9.18. The van der Waals surface area contributed by atoms with E-state index in [0.717, 1.165) is 31.3 Å². The monoisotopic (exact) mass is 500 g/mol. The van der Waals surface area contributed by atoms with Crippen molar-refractivity contribution >= 4 is 28.6 Å². The molecule has 0 aliphatic heterocycles. The molecule has 0 saturated heterocycles. The van der Waals surface area contributed by atoms with Gasteiger partial charge in [0.2, 0.25) is 0 Å². The summed E-state index contributed by atoms with van der Waals surface area (Å²) in [5, 5.41) is 12.3. The second-order valence-corrected chi connectivity index (χ2v) is 13.0. The molecular weight excluding hydrogens is 460 g/mol. The van der Waals surface area contributed by atoms with Gasteiger partial charge in [0.25, 0.3) is 0 Å². The van der Waals surface area contributed by atoms with E-state index in [1.807, 2.05) is 6.08 Å². The van der Waals surface area contributed by atoms with E-state index in [0.29, 0.717) is 37.2 Å². The first-order valence-electron chi connectivity index (χ1n) is 13.1. The molecular formula is C29H40O5S. The molecule has 4 aliphatic carbocycles. The molecule has 0 bridgehead atoms. The summed E-state index contributed by atoms with van der Waals surface area (Å²) in [4.78, 5) is 36.2. The van der Waals surface area contributed by atoms with Crippen molar-refractivity contribution in [2.24, 2.45) is 28.6 Å². The Labute approximate surface area is 213 Å². The van der Waals surface area contributed by atoms with Gasteiger partial charge in [0.05, 0.1) is 12.2 Å². The van der Waals surface area contributed by atoms with E-state index < -0.39 is 11.0 Å². The molecule has 4 aliphatic rings. The van der Waals surface area contributed by atoms with Crippen LogP contribution in [0.3, 0.4) is 0 Å². The minimum Gasteiger partial charge on any atom is -0.466 e. The number of ether oxygens (including phenoxy) is 1. The van der Waals surface area contributed by atoms with Gasteiger partial charge in [-0.25, -0.2) is 0 Å². The smallest absolute Gasteiger partial charge is 0.305 e. The summed E-state index contributed by atoms with van der Waals surface area (Å²) in [6.45, 7) is 16.9. The highest BCUT2D eigenvalue weighted by Crippen LogP contribution is 2.71. The first-order chi connectivity index (χ1) is 16.4. The predicted octanol–water partition coefficient (Wildman–Crippen LogP) is 5.57. The van der Waals surface area contributed by atoms with E-state index in [1.54, 1.807) is 13.8 Å². The van der Waals surface area contributed by atoms with E-state index in [-0.39, 0.29) is 46.0 Å². The third-order valence-corrected chi connectivity index (χ3v) is 11.0. The molecule has 6 heteroatoms. The van der Waals surface area contributed by atoms with Gasteiger partial charge in [0.15, 0.2) is 10.9 Å². The number of hydrogen-bond donors (Lipinski definition) is 1. The summed E-state index contributed by atoms with van der Waals surface area (Å²) in [5.74, 6) is 0.479. The Bertz CT molecular complexity index is 997. The third kappa shape index (κ3) is 4.09. The van der Waals surface area contributed by atoms with Crippen LogP contribution in [0.25, 0.3) is 0 Å². The highest BCUT2D eigenvalue weighted by molar-refractivity contribution is 8.14. The van der Waals surface area contributed by atoms with Crippen LogP contribution in [-0.2, 0) is 19.1 Å². The molecule has 1 N–H and O–H groups in total. The van der Waals surface area contributed by atoms with Gasteiger partial charge in [-0.15, -0.1) is 0 Å². The Balaban J connectivity index is 1.69. The fourth-order valence-electron chi connectivity index (χ4n) is 7.99. The Morgan fingerprint density at radius 1 is 1.26 bits per heavy atom. The average molecular weight is 501 g/mol. The number of esters is 1. The van der Waals surface area contributed by atoms with Crippen LogP contribution in [0.2, 0.25) is 0 Å². The van der Waals surface area contributed by atoms with Gasteiger partial charge in [-0.3, -0.25) is 14.4 Å². The summed E-state index contributed by atoms with van der Waals surface area (Å²) in [6, 6.07) is 0. The first-order valence-corrected chi connectivity index (χ1v) is 13.9. The molecule has 0 aromatic heterocycles. The van der Waals surface area contributed by atoms with Crippen molar-refractivity contribution < 1.29 is 24.2 Å². The van der Waals surface area contributed by atoms with Crippen molar-refractivity contribution in [3.63, 3.8) is 0 Å². The van der Waals surface area contributed by atoms with Gasteiger partial charge in [0, 0.05) is 30.4 Å². The lowest BCUT2D eigenvalue weighted by molar-refractivity contribution is -0.144. The number of carbonyl (C=O) groups excluding carboxylic acids is 3. The molecule has 0 aromatic carbocycles. The average Bonchev–Trinajstić information content (AvgIpc) is 2.95. The number of hydrogen-bond acceptors (Lipinski definition) is 6. The van der Waals surface area contributed by atoms with Crippen LogP contribution >= 0.6 is 11.8 Å². The molecule has 0 amide bonds. The van der Waals surface area contributed by atoms with Gasteiger partial charge < -0.3 is 9.84 Å². The number of rotatable bonds is 6. The number of fused-ring (bicyclic) bond motifs is 5. The molecule has 5 nitrogen and oxygen atoms in total. The van der Waals surface area contributed by atoms with Crippen LogP contribution in [0.5, 0.6) is 0 Å². The molecule has 0 aromatic rings. The van der Waals surface area contributed by atoms with Crippen LogP contribution in [0, 0.1) is 28.6 Å². The van der Waals surface area contributed by atoms with Crippen molar-refractivity contribution in [1.82, 2.24) is 0 Å². The van der Waals surface area contributed by atoms with E-state index >= 15 is 0 Å². The third-order valence-electron chi connectivity index (χ3n) is 9.90. The van der Waals surface area contributed by atoms with E-state index in [2.05, 4.69) is 27.0 Å². The summed E-state index contributed by atoms with van der Waals surface area (Å²) in [5.41, 5.74) is 1.17. The Morgan fingerprint density at radius 3 is 2.63 bits per heavy atom. The number of aliphatic hydroxyl groups is 1. The highest BCUT2D eigenvalue weighted by atomic mass is 32.2. The second-order valence-electron chi connectivity index (χ2n) is 11.6. The van der Waals surface area contributed by atoms with Crippen molar-refractivity contribution in [1.29, 1.82) is 0 Å².